The predicted octanol–water partition coefficient (Wildman–Crippen LogP) is 4.39. The van der Waals surface area contributed by atoms with Gasteiger partial charge in [-0.1, -0.05) is 18.2 Å². The molecule has 0 bridgehead atoms. The number of rotatable bonds is 4. The number of hydrogen-bond donors (Lipinski definition) is 1. The molecule has 0 unspecified atom stereocenters. The summed E-state index contributed by atoms with van der Waals surface area (Å²) in [7, 11) is 0. The zero-order valence-corrected chi connectivity index (χ0v) is 16.8. The predicted molar refractivity (Wildman–Crippen MR) is 111 cm³/mol. The SMILES string of the molecule is Cl.Cl.NC1CC(c2nnc(-c3ccc(C4CC4)cn3)n2-c2ccccc2F)C1. The van der Waals surface area contributed by atoms with Crippen molar-refractivity contribution in [2.75, 3.05) is 0 Å². The Morgan fingerprint density at radius 3 is 2.32 bits per heavy atom. The molecule has 1 aromatic carbocycles. The summed E-state index contributed by atoms with van der Waals surface area (Å²) < 4.78 is 16.4. The van der Waals surface area contributed by atoms with Gasteiger partial charge in [-0.2, -0.15) is 0 Å². The van der Waals surface area contributed by atoms with Crippen molar-refractivity contribution in [1.82, 2.24) is 19.7 Å². The summed E-state index contributed by atoms with van der Waals surface area (Å²) in [6.45, 7) is 0. The second-order valence-corrected chi connectivity index (χ2v) is 7.35. The van der Waals surface area contributed by atoms with Gasteiger partial charge in [0.2, 0.25) is 0 Å². The molecule has 2 aliphatic carbocycles. The van der Waals surface area contributed by atoms with Crippen LogP contribution in [-0.4, -0.2) is 25.8 Å². The van der Waals surface area contributed by atoms with Crippen LogP contribution in [0.3, 0.4) is 0 Å². The van der Waals surface area contributed by atoms with Crippen LogP contribution in [0.4, 0.5) is 4.39 Å². The summed E-state index contributed by atoms with van der Waals surface area (Å²) in [4.78, 5) is 4.59. The highest BCUT2D eigenvalue weighted by Crippen LogP contribution is 2.40. The monoisotopic (exact) mass is 421 g/mol. The minimum atomic E-state index is -0.298. The van der Waals surface area contributed by atoms with Crippen molar-refractivity contribution in [3.05, 3.63) is 59.8 Å². The molecule has 2 aliphatic rings. The highest BCUT2D eigenvalue weighted by Gasteiger charge is 2.33. The molecule has 2 fully saturated rings. The first-order valence-corrected chi connectivity index (χ1v) is 9.13. The zero-order valence-electron chi connectivity index (χ0n) is 15.2. The first-order valence-electron chi connectivity index (χ1n) is 9.13. The molecule has 0 amide bonds. The molecule has 8 heteroatoms. The van der Waals surface area contributed by atoms with Crippen LogP contribution in [0, 0.1) is 5.82 Å². The van der Waals surface area contributed by atoms with Crippen LogP contribution >= 0.6 is 24.8 Å². The molecule has 28 heavy (non-hydrogen) atoms. The van der Waals surface area contributed by atoms with Crippen LogP contribution in [0.15, 0.2) is 42.6 Å². The van der Waals surface area contributed by atoms with Gasteiger partial charge in [0.1, 0.15) is 17.3 Å². The molecule has 0 radical (unpaired) electrons. The Bertz CT molecular complexity index is 949. The molecule has 2 saturated carbocycles. The molecule has 2 N–H and O–H groups in total. The van der Waals surface area contributed by atoms with E-state index >= 15 is 0 Å². The quantitative estimate of drug-likeness (QED) is 0.677. The number of pyridine rings is 1. The van der Waals surface area contributed by atoms with Gasteiger partial charge in [0.05, 0.1) is 5.69 Å². The first kappa shape index (κ1) is 20.7. The summed E-state index contributed by atoms with van der Waals surface area (Å²) >= 11 is 0. The fourth-order valence-corrected chi connectivity index (χ4v) is 3.67. The Balaban J connectivity index is 0.00000112. The van der Waals surface area contributed by atoms with E-state index in [1.807, 2.05) is 22.9 Å². The average Bonchev–Trinajstić information content (AvgIpc) is 3.39. The lowest BCUT2D eigenvalue weighted by Gasteiger charge is -2.31. The lowest BCUT2D eigenvalue weighted by Crippen LogP contribution is -2.36. The number of nitrogens with zero attached hydrogens (tertiary/aromatic N) is 4. The van der Waals surface area contributed by atoms with Crippen LogP contribution < -0.4 is 5.73 Å². The Labute approximate surface area is 175 Å². The van der Waals surface area contributed by atoms with E-state index in [9.17, 15) is 4.39 Å². The molecule has 0 spiro atoms. The van der Waals surface area contributed by atoms with Crippen LogP contribution in [0.5, 0.6) is 0 Å². The Morgan fingerprint density at radius 1 is 0.964 bits per heavy atom. The fraction of sp³-hybridized carbons (Fsp3) is 0.350. The third-order valence-electron chi connectivity index (χ3n) is 5.39. The molecule has 2 aromatic heterocycles. The molecular formula is C20H22Cl2FN5. The van der Waals surface area contributed by atoms with E-state index in [0.717, 1.165) is 18.7 Å². The largest absolute Gasteiger partial charge is 0.328 e. The third kappa shape index (κ3) is 3.64. The lowest BCUT2D eigenvalue weighted by atomic mass is 9.80. The van der Waals surface area contributed by atoms with Crippen molar-refractivity contribution in [2.24, 2.45) is 5.73 Å². The van der Waals surface area contributed by atoms with E-state index in [2.05, 4.69) is 21.2 Å². The molecule has 0 saturated heterocycles. The van der Waals surface area contributed by atoms with Crippen LogP contribution in [0.2, 0.25) is 0 Å². The lowest BCUT2D eigenvalue weighted by molar-refractivity contribution is 0.334. The third-order valence-corrected chi connectivity index (χ3v) is 5.39. The summed E-state index contributed by atoms with van der Waals surface area (Å²) in [6, 6.07) is 11.0. The number of halogens is 3. The standard InChI is InChI=1S/C20H20FN5.2ClH/c21-16-3-1-2-4-18(16)26-19(14-9-15(22)10-14)24-25-20(26)17-8-7-13(11-23-17)12-5-6-12;;/h1-4,7-8,11-12,14-15H,5-6,9-10,22H2;2*1H. The Morgan fingerprint density at radius 2 is 1.71 bits per heavy atom. The fourth-order valence-electron chi connectivity index (χ4n) is 3.67. The van der Waals surface area contributed by atoms with Gasteiger partial charge in [0, 0.05) is 18.2 Å². The summed E-state index contributed by atoms with van der Waals surface area (Å²) in [6.07, 6.45) is 6.07. The van der Waals surface area contributed by atoms with Crippen LogP contribution in [-0.2, 0) is 0 Å². The van der Waals surface area contributed by atoms with E-state index in [0.29, 0.717) is 23.1 Å². The van der Waals surface area contributed by atoms with Gasteiger partial charge in [-0.25, -0.2) is 4.39 Å². The Kier molecular flexibility index (Phi) is 6.03. The van der Waals surface area contributed by atoms with Crippen LogP contribution in [0.25, 0.3) is 17.2 Å². The van der Waals surface area contributed by atoms with Gasteiger partial charge >= 0.3 is 0 Å². The highest BCUT2D eigenvalue weighted by molar-refractivity contribution is 5.85. The van der Waals surface area contributed by atoms with E-state index in [1.165, 1.54) is 24.5 Å². The van der Waals surface area contributed by atoms with Gasteiger partial charge < -0.3 is 5.73 Å². The molecule has 0 aliphatic heterocycles. The molecule has 148 valence electrons. The van der Waals surface area contributed by atoms with Crippen molar-refractivity contribution < 1.29 is 4.39 Å². The molecule has 2 heterocycles. The maximum Gasteiger partial charge on any atom is 0.187 e. The maximum atomic E-state index is 14.5. The molecule has 5 nitrogen and oxygen atoms in total. The molecule has 5 rings (SSSR count). The van der Waals surface area contributed by atoms with Crippen molar-refractivity contribution in [3.8, 4) is 17.2 Å². The summed E-state index contributed by atoms with van der Waals surface area (Å²) in [5.74, 6) is 1.89. The number of nitrogens with two attached hydrogens (primary N) is 1. The van der Waals surface area contributed by atoms with Gasteiger partial charge in [0.15, 0.2) is 5.82 Å². The van der Waals surface area contributed by atoms with Crippen LogP contribution in [0.1, 0.15) is 48.9 Å². The summed E-state index contributed by atoms with van der Waals surface area (Å²) in [5.41, 5.74) is 8.37. The van der Waals surface area contributed by atoms with E-state index in [-0.39, 0.29) is 42.6 Å². The first-order chi connectivity index (χ1) is 12.7. The highest BCUT2D eigenvalue weighted by atomic mass is 35.5. The Hall–Kier alpha value is -2.02. The van der Waals surface area contributed by atoms with Crippen molar-refractivity contribution in [1.29, 1.82) is 0 Å². The summed E-state index contributed by atoms with van der Waals surface area (Å²) in [5, 5.41) is 8.75. The molecular weight excluding hydrogens is 400 g/mol. The average molecular weight is 422 g/mol. The number of hydrogen-bond acceptors (Lipinski definition) is 4. The van der Waals surface area contributed by atoms with Crippen molar-refractivity contribution >= 4 is 24.8 Å². The maximum absolute atomic E-state index is 14.5. The number of benzene rings is 1. The van der Waals surface area contributed by atoms with Crippen molar-refractivity contribution in [3.63, 3.8) is 0 Å². The van der Waals surface area contributed by atoms with Gasteiger partial charge in [-0.15, -0.1) is 35.0 Å². The van der Waals surface area contributed by atoms with E-state index in [4.69, 9.17) is 5.73 Å². The second-order valence-electron chi connectivity index (χ2n) is 7.35. The van der Waals surface area contributed by atoms with Gasteiger partial charge in [-0.05, 0) is 55.4 Å². The van der Waals surface area contributed by atoms with E-state index < -0.39 is 0 Å². The number of aromatic nitrogens is 4. The van der Waals surface area contributed by atoms with Crippen molar-refractivity contribution in [2.45, 2.75) is 43.6 Å². The number of para-hydroxylation sites is 1. The minimum absolute atomic E-state index is 0. The zero-order chi connectivity index (χ0) is 17.7. The smallest absolute Gasteiger partial charge is 0.187 e. The minimum Gasteiger partial charge on any atom is -0.328 e. The normalized spacial score (nSPS) is 20.6. The van der Waals surface area contributed by atoms with Gasteiger partial charge in [-0.3, -0.25) is 9.55 Å². The van der Waals surface area contributed by atoms with E-state index in [1.54, 1.807) is 12.1 Å². The second kappa shape index (κ2) is 8.15. The topological polar surface area (TPSA) is 69.6 Å². The van der Waals surface area contributed by atoms with Gasteiger partial charge in [0.25, 0.3) is 0 Å². The molecule has 3 aromatic rings. The molecule has 0 atom stereocenters.